The van der Waals surface area contributed by atoms with Crippen LogP contribution in [-0.2, 0) is 59.8 Å². The van der Waals surface area contributed by atoms with E-state index in [-0.39, 0.29) is 33.8 Å². The van der Waals surface area contributed by atoms with Gasteiger partial charge < -0.3 is 10.2 Å². The van der Waals surface area contributed by atoms with Crippen molar-refractivity contribution in [2.24, 2.45) is 9.98 Å². The number of benzene rings is 4. The molecule has 6 heteroatoms. The third-order valence-corrected chi connectivity index (χ3v) is 16.0. The van der Waals surface area contributed by atoms with E-state index in [1.54, 1.807) is 18.2 Å². The SMILES string of the molecule is CCCCCCCCCCCCCCCCCCCCCCCCCCC#CC(=Nc1ccc(CC)c(CC)c1)C(CCCC)=Nc1ccc(CC)c(CC)c1.CCCCCc1cc(O)c2c(O)cccc2c1CC(=O)CC.[Ni]. The van der Waals surface area contributed by atoms with E-state index >= 15 is 0 Å². The van der Waals surface area contributed by atoms with Gasteiger partial charge in [-0.15, -0.1) is 0 Å². The fraction of sp³-hybridized carbons (Fsp3) is 0.630. The van der Waals surface area contributed by atoms with Crippen molar-refractivity contribution in [3.05, 3.63) is 94.0 Å². The Labute approximate surface area is 494 Å². The van der Waals surface area contributed by atoms with E-state index in [4.69, 9.17) is 9.98 Å². The number of aliphatic imine (C=N–C) groups is 2. The maximum atomic E-state index is 12.0. The number of phenols is 2. The van der Waals surface area contributed by atoms with Gasteiger partial charge in [0, 0.05) is 35.8 Å². The van der Waals surface area contributed by atoms with Crippen LogP contribution in [0.3, 0.4) is 0 Å². The second-order valence-corrected chi connectivity index (χ2v) is 22.4. The fourth-order valence-corrected chi connectivity index (χ4v) is 10.9. The average Bonchev–Trinajstić information content (AvgIpc) is 3.58. The minimum Gasteiger partial charge on any atom is -0.507 e. The van der Waals surface area contributed by atoms with Gasteiger partial charge in [-0.25, -0.2) is 4.99 Å². The van der Waals surface area contributed by atoms with E-state index in [2.05, 4.69) is 96.7 Å². The number of nitrogens with zero attached hydrogens (tertiary/aromatic N) is 2. The summed E-state index contributed by atoms with van der Waals surface area (Å²) in [7, 11) is 0. The largest absolute Gasteiger partial charge is 0.507 e. The molecule has 0 aliphatic heterocycles. The Hall–Kier alpha value is -4.20. The quantitative estimate of drug-likeness (QED) is 0.0201. The van der Waals surface area contributed by atoms with Crippen LogP contribution in [0.25, 0.3) is 10.8 Å². The van der Waals surface area contributed by atoms with Crippen molar-refractivity contribution in [1.82, 2.24) is 0 Å². The number of phenolic OH excluding ortho intramolecular Hbond substituents is 2. The molecule has 0 amide bonds. The van der Waals surface area contributed by atoms with Crippen molar-refractivity contribution in [1.29, 1.82) is 0 Å². The zero-order chi connectivity index (χ0) is 56.4. The Morgan fingerprint density at radius 1 is 0.456 bits per heavy atom. The molecule has 0 aliphatic carbocycles. The van der Waals surface area contributed by atoms with Crippen LogP contribution in [0.2, 0.25) is 0 Å². The first-order valence-electron chi connectivity index (χ1n) is 32.5. The molecule has 4 rings (SSSR count). The number of carbonyl (C=O) groups is 1. The van der Waals surface area contributed by atoms with Crippen LogP contribution in [0.1, 0.15) is 294 Å². The minimum atomic E-state index is 0. The molecule has 0 unspecified atom stereocenters. The number of carbonyl (C=O) groups excluding carboxylic acids is 1. The Kier molecular flexibility index (Phi) is 40.8. The van der Waals surface area contributed by atoms with Gasteiger partial charge in [-0.2, -0.15) is 0 Å². The molecule has 0 aromatic heterocycles. The molecule has 0 atom stereocenters. The first-order valence-corrected chi connectivity index (χ1v) is 32.5. The van der Waals surface area contributed by atoms with Crippen molar-refractivity contribution in [2.75, 3.05) is 0 Å². The number of hydrogen-bond acceptors (Lipinski definition) is 5. The maximum absolute atomic E-state index is 12.0. The van der Waals surface area contributed by atoms with E-state index in [1.807, 2.05) is 13.0 Å². The van der Waals surface area contributed by atoms with Gasteiger partial charge in [0.05, 0.1) is 22.5 Å². The van der Waals surface area contributed by atoms with Gasteiger partial charge in [0.1, 0.15) is 23.0 Å². The molecule has 0 radical (unpaired) electrons. The predicted molar refractivity (Wildman–Crippen MR) is 342 cm³/mol. The molecule has 0 heterocycles. The molecular weight excluding hydrogens is 1010 g/mol. The summed E-state index contributed by atoms with van der Waals surface area (Å²) >= 11 is 0. The Bertz CT molecular complexity index is 2390. The van der Waals surface area contributed by atoms with E-state index in [1.165, 1.54) is 176 Å². The summed E-state index contributed by atoms with van der Waals surface area (Å²) in [4.78, 5) is 22.4. The first kappa shape index (κ1) is 70.9. The third-order valence-electron chi connectivity index (χ3n) is 16.0. The van der Waals surface area contributed by atoms with Gasteiger partial charge in [-0.1, -0.05) is 253 Å². The minimum absolute atomic E-state index is 0. The number of rotatable bonds is 41. The summed E-state index contributed by atoms with van der Waals surface area (Å²) in [5.74, 6) is 7.41. The summed E-state index contributed by atoms with van der Waals surface area (Å²) in [6.07, 6.45) is 47.3. The number of ketones is 1. The smallest absolute Gasteiger partial charge is 0.137 e. The summed E-state index contributed by atoms with van der Waals surface area (Å²) in [5, 5.41) is 21.5. The van der Waals surface area contributed by atoms with Crippen LogP contribution in [0.5, 0.6) is 11.5 Å². The molecule has 0 fully saturated rings. The molecule has 79 heavy (non-hydrogen) atoms. The standard InChI is InChI=1S/C54H88N2.C19H24O3.Ni/c1-7-13-15-16-17-18-19-20-21-22-23-24-25-26-27-28-29-30-31-32-33-34-35-36-37-38-40-54(56-52-44-42-48(10-4)50(12-6)46-52)53(39-14-8-2)55-51-43-41-47(9-3)49(11-5)45-51;1-3-5-6-8-13-11-18(22)19-15(9-7-10-17(19)21)16(13)12-14(20)4-2;/h41-46H,7-37,39H2,1-6H3;7,9-11,21-22H,3-6,8,12H2,1-2H3;. The van der Waals surface area contributed by atoms with Gasteiger partial charge >= 0.3 is 0 Å². The molecule has 0 spiro atoms. The van der Waals surface area contributed by atoms with Crippen LogP contribution in [0.4, 0.5) is 11.4 Å². The summed E-state index contributed by atoms with van der Waals surface area (Å²) in [6.45, 7) is 17.5. The molecule has 0 aliphatic rings. The molecule has 442 valence electrons. The fourth-order valence-electron chi connectivity index (χ4n) is 10.9. The molecule has 0 saturated heterocycles. The van der Waals surface area contributed by atoms with E-state index in [9.17, 15) is 15.0 Å². The molecule has 5 nitrogen and oxygen atoms in total. The molecule has 0 saturated carbocycles. The third kappa shape index (κ3) is 28.9. The van der Waals surface area contributed by atoms with Gasteiger partial charge in [-0.3, -0.25) is 9.79 Å². The summed E-state index contributed by atoms with van der Waals surface area (Å²) in [5.41, 5.74) is 11.5. The zero-order valence-corrected chi connectivity index (χ0v) is 52.6. The van der Waals surface area contributed by atoms with Crippen LogP contribution in [0.15, 0.2) is 70.6 Å². The second-order valence-electron chi connectivity index (χ2n) is 22.4. The van der Waals surface area contributed by atoms with Crippen LogP contribution < -0.4 is 0 Å². The zero-order valence-electron chi connectivity index (χ0n) is 51.7. The number of aromatic hydroxyl groups is 2. The first-order chi connectivity index (χ1) is 38.2. The maximum Gasteiger partial charge on any atom is 0.137 e. The van der Waals surface area contributed by atoms with Gasteiger partial charge in [0.2, 0.25) is 0 Å². The number of fused-ring (bicyclic) bond motifs is 1. The van der Waals surface area contributed by atoms with Crippen molar-refractivity contribution in [2.45, 2.75) is 299 Å². The Morgan fingerprint density at radius 2 is 0.899 bits per heavy atom. The van der Waals surface area contributed by atoms with Gasteiger partial charge in [-0.05, 0) is 139 Å². The topological polar surface area (TPSA) is 82.2 Å². The van der Waals surface area contributed by atoms with Crippen LogP contribution in [-0.4, -0.2) is 27.4 Å². The van der Waals surface area contributed by atoms with Crippen LogP contribution in [0, 0.1) is 11.8 Å². The molecular formula is C73H112N2NiO3. The Balaban J connectivity index is 0.000000768. The normalized spacial score (nSPS) is 11.5. The second kappa shape index (κ2) is 45.4. The van der Waals surface area contributed by atoms with Crippen molar-refractivity contribution in [3.8, 4) is 23.3 Å². The number of aryl methyl sites for hydroxylation is 5. The summed E-state index contributed by atoms with van der Waals surface area (Å²) < 4.78 is 0. The molecule has 4 aromatic carbocycles. The number of unbranched alkanes of at least 4 members (excludes halogenated alkanes) is 27. The summed E-state index contributed by atoms with van der Waals surface area (Å²) in [6, 6.07) is 20.3. The van der Waals surface area contributed by atoms with Crippen molar-refractivity contribution in [3.63, 3.8) is 0 Å². The van der Waals surface area contributed by atoms with Gasteiger partial charge in [0.15, 0.2) is 0 Å². The molecule has 0 bridgehead atoms. The monoisotopic (exact) mass is 1120 g/mol. The van der Waals surface area contributed by atoms with Gasteiger partial charge in [0.25, 0.3) is 0 Å². The van der Waals surface area contributed by atoms with E-state index in [0.717, 1.165) is 116 Å². The number of Topliss-reactive ketones (excluding diaryl/α,β-unsaturated/α-hetero) is 1. The van der Waals surface area contributed by atoms with Crippen LogP contribution >= 0.6 is 0 Å². The average molecular weight is 1120 g/mol. The van der Waals surface area contributed by atoms with Crippen molar-refractivity contribution < 1.29 is 31.5 Å². The molecule has 2 N–H and O–H groups in total. The number of hydrogen-bond donors (Lipinski definition) is 2. The van der Waals surface area contributed by atoms with E-state index < -0.39 is 0 Å². The van der Waals surface area contributed by atoms with E-state index in [0.29, 0.717) is 18.2 Å². The molecule has 4 aromatic rings. The Morgan fingerprint density at radius 3 is 1.35 bits per heavy atom. The van der Waals surface area contributed by atoms with Crippen molar-refractivity contribution >= 4 is 39.4 Å². The predicted octanol–water partition coefficient (Wildman–Crippen LogP) is 22.3.